The molecule has 1 aromatic rings. The average Bonchev–Trinajstić information content (AvgIpc) is 3.27. The molecule has 212 valence electrons. The van der Waals surface area contributed by atoms with E-state index >= 15 is 0 Å². The quantitative estimate of drug-likeness (QED) is 0.396. The number of allylic oxidation sites excluding steroid dienone is 3. The molecule has 0 radical (unpaired) electrons. The lowest BCUT2D eigenvalue weighted by molar-refractivity contribution is -0.227. The monoisotopic (exact) mass is 528 g/mol. The Hall–Kier alpha value is -1.83. The molecule has 2 nitrogen and oxygen atoms in total. The van der Waals surface area contributed by atoms with Gasteiger partial charge in [-0.15, -0.1) is 0 Å². The van der Waals surface area contributed by atoms with Gasteiger partial charge in [-0.3, -0.25) is 4.79 Å². The summed E-state index contributed by atoms with van der Waals surface area (Å²) in [5, 5.41) is 10.6. The molecule has 0 heterocycles. The third-order valence-electron chi connectivity index (χ3n) is 14.4. The van der Waals surface area contributed by atoms with Crippen molar-refractivity contribution in [2.24, 2.45) is 56.7 Å². The van der Waals surface area contributed by atoms with E-state index in [4.69, 9.17) is 0 Å². The lowest BCUT2D eigenvalue weighted by Gasteiger charge is -2.72. The van der Waals surface area contributed by atoms with Gasteiger partial charge in [-0.1, -0.05) is 82.7 Å². The van der Waals surface area contributed by atoms with Crippen LogP contribution < -0.4 is 0 Å². The first-order chi connectivity index (χ1) is 18.2. The zero-order chi connectivity index (χ0) is 28.2. The van der Waals surface area contributed by atoms with Crippen LogP contribution in [0.15, 0.2) is 42.5 Å². The van der Waals surface area contributed by atoms with Gasteiger partial charge in [0.05, 0.1) is 5.41 Å². The van der Waals surface area contributed by atoms with Crippen LogP contribution in [0.2, 0.25) is 0 Å². The fraction of sp³-hybridized carbons (Fsp3) is 0.703. The van der Waals surface area contributed by atoms with Crippen molar-refractivity contribution >= 4 is 11.5 Å². The standard InChI is InChI=1S/C37H52O2/c1-23(2)26-15-20-37(32(38)39)22-21-35(7)28(31(26)37)13-14-30-34(6)18-16-27(25-11-9-24(3)10-12-25)33(4,5)29(34)17-19-36(30,35)8/h9-12,16,26,28-31H,1,13-15,17-22H2,2-8H3,(H,38,39)/t26-,28+,29-,30+,31+,34-,35+,36+,37-/m0/s1. The molecule has 0 bridgehead atoms. The number of hydrogen-bond acceptors (Lipinski definition) is 1. The van der Waals surface area contributed by atoms with Gasteiger partial charge in [0.1, 0.15) is 0 Å². The summed E-state index contributed by atoms with van der Waals surface area (Å²) in [4.78, 5) is 12.9. The molecule has 0 unspecified atom stereocenters. The van der Waals surface area contributed by atoms with Crippen molar-refractivity contribution in [2.75, 3.05) is 0 Å². The molecule has 1 N–H and O–H groups in total. The molecule has 6 rings (SSSR count). The summed E-state index contributed by atoms with van der Waals surface area (Å²) in [5.41, 5.74) is 5.83. The Morgan fingerprint density at radius 3 is 2.21 bits per heavy atom. The van der Waals surface area contributed by atoms with E-state index in [1.54, 1.807) is 5.57 Å². The Bertz CT molecular complexity index is 1220. The molecule has 39 heavy (non-hydrogen) atoms. The Morgan fingerprint density at radius 2 is 1.56 bits per heavy atom. The van der Waals surface area contributed by atoms with E-state index in [9.17, 15) is 9.90 Å². The molecule has 0 amide bonds. The van der Waals surface area contributed by atoms with Crippen LogP contribution in [0.3, 0.4) is 0 Å². The van der Waals surface area contributed by atoms with Crippen molar-refractivity contribution in [3.05, 3.63) is 53.6 Å². The van der Waals surface area contributed by atoms with Crippen molar-refractivity contribution in [3.63, 3.8) is 0 Å². The molecule has 0 aliphatic heterocycles. The predicted octanol–water partition coefficient (Wildman–Crippen LogP) is 9.73. The smallest absolute Gasteiger partial charge is 0.309 e. The molecule has 0 saturated heterocycles. The largest absolute Gasteiger partial charge is 0.481 e. The number of hydrogen-bond donors (Lipinski definition) is 1. The van der Waals surface area contributed by atoms with Gasteiger partial charge in [-0.05, 0) is 134 Å². The van der Waals surface area contributed by atoms with Gasteiger partial charge >= 0.3 is 5.97 Å². The van der Waals surface area contributed by atoms with Crippen molar-refractivity contribution < 1.29 is 9.90 Å². The number of rotatable bonds is 3. The number of aliphatic carboxylic acids is 1. The maximum absolute atomic E-state index is 12.9. The van der Waals surface area contributed by atoms with E-state index in [2.05, 4.69) is 85.4 Å². The topological polar surface area (TPSA) is 37.3 Å². The molecule has 0 aromatic heterocycles. The lowest BCUT2D eigenvalue weighted by atomic mass is 9.32. The maximum Gasteiger partial charge on any atom is 0.309 e. The molecule has 4 saturated carbocycles. The first-order valence-electron chi connectivity index (χ1n) is 15.9. The van der Waals surface area contributed by atoms with Crippen molar-refractivity contribution in [1.82, 2.24) is 0 Å². The summed E-state index contributed by atoms with van der Waals surface area (Å²) in [5.74, 6) is 1.94. The summed E-state index contributed by atoms with van der Waals surface area (Å²) in [6.45, 7) is 21.7. The predicted molar refractivity (Wildman–Crippen MR) is 161 cm³/mol. The molecular weight excluding hydrogens is 476 g/mol. The van der Waals surface area contributed by atoms with Gasteiger partial charge in [0.2, 0.25) is 0 Å². The minimum absolute atomic E-state index is 0.142. The number of fused-ring (bicyclic) bond motifs is 7. The van der Waals surface area contributed by atoms with Crippen LogP contribution in [0, 0.1) is 63.6 Å². The number of carbonyl (C=O) groups is 1. The SMILES string of the molecule is C=C(C)[C@@H]1CC[C@]2(C(=O)O)CC[C@]3(C)[C@H](CC[C@@H]4[C@@]5(C)CC=C(c6ccc(C)cc6)C(C)(C)[C@@H]5CC[C@]43C)[C@@H]12. The molecular formula is C37H52O2. The minimum Gasteiger partial charge on any atom is -0.481 e. The third-order valence-corrected chi connectivity index (χ3v) is 14.4. The fourth-order valence-corrected chi connectivity index (χ4v) is 12.3. The first kappa shape index (κ1) is 27.3. The number of benzene rings is 1. The number of carboxylic acids is 1. The second kappa shape index (κ2) is 8.59. The Balaban J connectivity index is 1.39. The van der Waals surface area contributed by atoms with Gasteiger partial charge in [0.25, 0.3) is 0 Å². The second-order valence-corrected chi connectivity index (χ2v) is 16.1. The highest BCUT2D eigenvalue weighted by Gasteiger charge is 2.71. The number of carboxylic acid groups (broad SMARTS) is 1. The molecule has 4 fully saturated rings. The Morgan fingerprint density at radius 1 is 0.872 bits per heavy atom. The van der Waals surface area contributed by atoms with Crippen LogP contribution in [0.25, 0.3) is 5.57 Å². The highest BCUT2D eigenvalue weighted by Crippen LogP contribution is 2.77. The molecule has 5 aliphatic carbocycles. The average molecular weight is 529 g/mol. The van der Waals surface area contributed by atoms with Crippen molar-refractivity contribution in [2.45, 2.75) is 106 Å². The van der Waals surface area contributed by atoms with E-state index in [1.807, 2.05) is 0 Å². The van der Waals surface area contributed by atoms with Crippen LogP contribution >= 0.6 is 0 Å². The summed E-state index contributed by atoms with van der Waals surface area (Å²) in [6, 6.07) is 9.20. The number of aryl methyl sites for hydroxylation is 1. The third kappa shape index (κ3) is 3.42. The first-order valence-corrected chi connectivity index (χ1v) is 15.9. The van der Waals surface area contributed by atoms with Crippen LogP contribution in [-0.2, 0) is 4.79 Å². The zero-order valence-electron chi connectivity index (χ0n) is 25.7. The van der Waals surface area contributed by atoms with Crippen LogP contribution in [0.1, 0.15) is 110 Å². The van der Waals surface area contributed by atoms with Gasteiger partial charge in [-0.2, -0.15) is 0 Å². The van der Waals surface area contributed by atoms with Gasteiger partial charge in [-0.25, -0.2) is 0 Å². The highest BCUT2D eigenvalue weighted by atomic mass is 16.4. The summed E-state index contributed by atoms with van der Waals surface area (Å²) >= 11 is 0. The van der Waals surface area contributed by atoms with E-state index in [0.29, 0.717) is 23.7 Å². The minimum atomic E-state index is -0.531. The van der Waals surface area contributed by atoms with E-state index in [-0.39, 0.29) is 27.6 Å². The maximum atomic E-state index is 12.9. The molecule has 2 heteroatoms. The molecule has 1 aromatic carbocycles. The van der Waals surface area contributed by atoms with E-state index in [1.165, 1.54) is 48.8 Å². The second-order valence-electron chi connectivity index (χ2n) is 16.1. The highest BCUT2D eigenvalue weighted by molar-refractivity contribution is 5.76. The van der Waals surface area contributed by atoms with E-state index < -0.39 is 11.4 Å². The zero-order valence-corrected chi connectivity index (χ0v) is 25.7. The summed E-state index contributed by atoms with van der Waals surface area (Å²) < 4.78 is 0. The van der Waals surface area contributed by atoms with Crippen LogP contribution in [-0.4, -0.2) is 11.1 Å². The van der Waals surface area contributed by atoms with Crippen molar-refractivity contribution in [3.8, 4) is 0 Å². The van der Waals surface area contributed by atoms with Gasteiger partial charge < -0.3 is 5.11 Å². The fourth-order valence-electron chi connectivity index (χ4n) is 12.3. The summed E-state index contributed by atoms with van der Waals surface area (Å²) in [6.07, 6.45) is 12.6. The summed E-state index contributed by atoms with van der Waals surface area (Å²) in [7, 11) is 0. The van der Waals surface area contributed by atoms with E-state index in [0.717, 1.165) is 25.7 Å². The van der Waals surface area contributed by atoms with Crippen LogP contribution in [0.5, 0.6) is 0 Å². The van der Waals surface area contributed by atoms with Crippen molar-refractivity contribution in [1.29, 1.82) is 0 Å². The van der Waals surface area contributed by atoms with Crippen LogP contribution in [0.4, 0.5) is 0 Å². The molecule has 0 spiro atoms. The Labute approximate surface area is 237 Å². The molecule has 9 atom stereocenters. The van der Waals surface area contributed by atoms with Gasteiger partial charge in [0.15, 0.2) is 0 Å². The van der Waals surface area contributed by atoms with Gasteiger partial charge in [0, 0.05) is 0 Å². The lowest BCUT2D eigenvalue weighted by Crippen LogP contribution is -2.65. The normalized spacial score (nSPS) is 46.2. The Kier molecular flexibility index (Phi) is 6.02. The molecule has 5 aliphatic rings.